The van der Waals surface area contributed by atoms with Crippen LogP contribution in [0.4, 0.5) is 0 Å². The third kappa shape index (κ3) is 3.66. The summed E-state index contributed by atoms with van der Waals surface area (Å²) in [5, 5.41) is 9.60. The van der Waals surface area contributed by atoms with E-state index in [4.69, 9.17) is 4.42 Å². The molecule has 0 spiro atoms. The highest BCUT2D eigenvalue weighted by Gasteiger charge is 2.43. The van der Waals surface area contributed by atoms with E-state index >= 15 is 0 Å². The Morgan fingerprint density at radius 2 is 2.10 bits per heavy atom. The van der Waals surface area contributed by atoms with Crippen molar-refractivity contribution in [2.45, 2.75) is 51.0 Å². The van der Waals surface area contributed by atoms with Crippen molar-refractivity contribution in [3.05, 3.63) is 71.9 Å². The number of hydrogen-bond donors (Lipinski definition) is 3. The molecule has 0 radical (unpaired) electrons. The SMILES string of the molecule is Cc1ccc(CNC(=O)CCC2=NNC3C4CC(c5ccccc5)NN4C=CN23)o1. The molecule has 1 aromatic heterocycles. The predicted octanol–water partition coefficient (Wildman–Crippen LogP) is 2.33. The second kappa shape index (κ2) is 7.87. The van der Waals surface area contributed by atoms with Crippen molar-refractivity contribution in [1.82, 2.24) is 26.1 Å². The van der Waals surface area contributed by atoms with Crippen molar-refractivity contribution in [1.29, 1.82) is 0 Å². The number of furan rings is 1. The van der Waals surface area contributed by atoms with Crippen LogP contribution in [0.1, 0.15) is 42.4 Å². The Kier molecular flexibility index (Phi) is 4.92. The summed E-state index contributed by atoms with van der Waals surface area (Å²) in [5.74, 6) is 2.49. The lowest BCUT2D eigenvalue weighted by molar-refractivity contribution is -0.121. The highest BCUT2D eigenvalue weighted by Crippen LogP contribution is 2.34. The molecule has 30 heavy (non-hydrogen) atoms. The van der Waals surface area contributed by atoms with Gasteiger partial charge in [0.05, 0.1) is 18.6 Å². The number of aryl methyl sites for hydroxylation is 1. The molecule has 3 unspecified atom stereocenters. The van der Waals surface area contributed by atoms with Crippen LogP contribution in [-0.4, -0.2) is 33.9 Å². The van der Waals surface area contributed by atoms with Crippen molar-refractivity contribution in [3.63, 3.8) is 0 Å². The fourth-order valence-electron chi connectivity index (χ4n) is 4.29. The van der Waals surface area contributed by atoms with E-state index < -0.39 is 0 Å². The zero-order valence-corrected chi connectivity index (χ0v) is 16.9. The number of fused-ring (bicyclic) bond motifs is 3. The number of amides is 1. The van der Waals surface area contributed by atoms with E-state index in [9.17, 15) is 4.79 Å². The van der Waals surface area contributed by atoms with Gasteiger partial charge in [0.1, 0.15) is 23.5 Å². The van der Waals surface area contributed by atoms with Gasteiger partial charge in [-0.1, -0.05) is 30.3 Å². The van der Waals surface area contributed by atoms with Gasteiger partial charge in [-0.25, -0.2) is 5.43 Å². The van der Waals surface area contributed by atoms with E-state index in [2.05, 4.69) is 61.6 Å². The molecule has 3 N–H and O–H groups in total. The molecular weight excluding hydrogens is 380 g/mol. The first-order valence-corrected chi connectivity index (χ1v) is 10.4. The molecular formula is C22H26N6O2. The summed E-state index contributed by atoms with van der Waals surface area (Å²) in [7, 11) is 0. The molecule has 156 valence electrons. The maximum atomic E-state index is 12.2. The first kappa shape index (κ1) is 18.7. The Bertz CT molecular complexity index is 969. The third-order valence-corrected chi connectivity index (χ3v) is 5.85. The first-order chi connectivity index (χ1) is 14.7. The number of carbonyl (C=O) groups excluding carboxylic acids is 1. The maximum Gasteiger partial charge on any atom is 0.220 e. The van der Waals surface area contributed by atoms with E-state index in [1.807, 2.05) is 31.3 Å². The molecule has 1 fully saturated rings. The summed E-state index contributed by atoms with van der Waals surface area (Å²) in [4.78, 5) is 14.4. The topological polar surface area (TPSA) is 85.1 Å². The van der Waals surface area contributed by atoms with Gasteiger partial charge in [0.15, 0.2) is 0 Å². The number of amidine groups is 1. The van der Waals surface area contributed by atoms with Crippen LogP contribution >= 0.6 is 0 Å². The number of hydrazone groups is 1. The van der Waals surface area contributed by atoms with E-state index in [1.54, 1.807) is 0 Å². The van der Waals surface area contributed by atoms with Crippen molar-refractivity contribution >= 4 is 11.7 Å². The largest absolute Gasteiger partial charge is 0.465 e. The Morgan fingerprint density at radius 1 is 1.23 bits per heavy atom. The number of carbonyl (C=O) groups is 1. The summed E-state index contributed by atoms with van der Waals surface area (Å²) in [6.07, 6.45) is 6.11. The van der Waals surface area contributed by atoms with Gasteiger partial charge in [0.25, 0.3) is 0 Å². The van der Waals surface area contributed by atoms with Crippen molar-refractivity contribution < 1.29 is 9.21 Å². The van der Waals surface area contributed by atoms with Crippen molar-refractivity contribution in [3.8, 4) is 0 Å². The first-order valence-electron chi connectivity index (χ1n) is 10.4. The molecule has 3 aliphatic rings. The van der Waals surface area contributed by atoms with Gasteiger partial charge < -0.3 is 19.6 Å². The molecule has 1 amide bonds. The normalized spacial score (nSPS) is 24.3. The molecule has 8 nitrogen and oxygen atoms in total. The minimum absolute atomic E-state index is 0.00973. The summed E-state index contributed by atoms with van der Waals surface area (Å²) in [5.41, 5.74) is 8.13. The third-order valence-electron chi connectivity index (χ3n) is 5.85. The molecule has 4 heterocycles. The number of rotatable bonds is 6. The summed E-state index contributed by atoms with van der Waals surface area (Å²) >= 11 is 0. The monoisotopic (exact) mass is 406 g/mol. The second-order valence-corrected chi connectivity index (χ2v) is 7.90. The van der Waals surface area contributed by atoms with Gasteiger partial charge in [-0.15, -0.1) is 0 Å². The zero-order valence-electron chi connectivity index (χ0n) is 16.9. The molecule has 8 heteroatoms. The predicted molar refractivity (Wildman–Crippen MR) is 112 cm³/mol. The average molecular weight is 406 g/mol. The van der Waals surface area contributed by atoms with Crippen LogP contribution in [0.2, 0.25) is 0 Å². The van der Waals surface area contributed by atoms with Crippen LogP contribution in [-0.2, 0) is 11.3 Å². The summed E-state index contributed by atoms with van der Waals surface area (Å²) in [6.45, 7) is 2.30. The van der Waals surface area contributed by atoms with E-state index in [0.717, 1.165) is 23.8 Å². The molecule has 2 aromatic rings. The van der Waals surface area contributed by atoms with Crippen LogP contribution in [0.15, 0.2) is 64.4 Å². The second-order valence-electron chi connectivity index (χ2n) is 7.90. The minimum Gasteiger partial charge on any atom is -0.465 e. The Labute approximate surface area is 175 Å². The number of nitrogens with one attached hydrogen (secondary N) is 3. The molecule has 0 saturated carbocycles. The maximum absolute atomic E-state index is 12.2. The summed E-state index contributed by atoms with van der Waals surface area (Å²) in [6, 6.07) is 14.8. The zero-order chi connectivity index (χ0) is 20.5. The highest BCUT2D eigenvalue weighted by molar-refractivity contribution is 5.89. The number of nitrogens with zero attached hydrogens (tertiary/aromatic N) is 3. The van der Waals surface area contributed by atoms with Crippen LogP contribution in [0, 0.1) is 6.92 Å². The van der Waals surface area contributed by atoms with Crippen LogP contribution in [0.5, 0.6) is 0 Å². The van der Waals surface area contributed by atoms with Gasteiger partial charge in [0, 0.05) is 25.2 Å². The van der Waals surface area contributed by atoms with Gasteiger partial charge >= 0.3 is 0 Å². The van der Waals surface area contributed by atoms with Crippen molar-refractivity contribution in [2.24, 2.45) is 5.10 Å². The van der Waals surface area contributed by atoms with Crippen LogP contribution in [0.3, 0.4) is 0 Å². The van der Waals surface area contributed by atoms with E-state index in [-0.39, 0.29) is 24.2 Å². The Morgan fingerprint density at radius 3 is 2.90 bits per heavy atom. The van der Waals surface area contributed by atoms with Crippen LogP contribution < -0.4 is 16.2 Å². The number of hydrogen-bond acceptors (Lipinski definition) is 7. The lowest BCUT2D eigenvalue weighted by atomic mass is 10.00. The van der Waals surface area contributed by atoms with E-state index in [0.29, 0.717) is 19.4 Å². The molecule has 3 aliphatic heterocycles. The lowest BCUT2D eigenvalue weighted by Crippen LogP contribution is -2.54. The Hall–Kier alpha value is -3.26. The quantitative estimate of drug-likeness (QED) is 0.683. The van der Waals surface area contributed by atoms with Gasteiger partial charge in [-0.3, -0.25) is 10.2 Å². The van der Waals surface area contributed by atoms with Gasteiger partial charge in [0.2, 0.25) is 5.91 Å². The molecule has 1 aromatic carbocycles. The highest BCUT2D eigenvalue weighted by atomic mass is 16.3. The fraction of sp³-hybridized carbons (Fsp3) is 0.364. The molecule has 3 atom stereocenters. The average Bonchev–Trinajstić information content (AvgIpc) is 3.48. The lowest BCUT2D eigenvalue weighted by Gasteiger charge is -2.37. The fourth-order valence-corrected chi connectivity index (χ4v) is 4.29. The van der Waals surface area contributed by atoms with E-state index in [1.165, 1.54) is 5.56 Å². The molecule has 5 rings (SSSR count). The van der Waals surface area contributed by atoms with Gasteiger partial charge in [-0.2, -0.15) is 5.10 Å². The molecule has 0 bridgehead atoms. The summed E-state index contributed by atoms with van der Waals surface area (Å²) < 4.78 is 5.49. The van der Waals surface area contributed by atoms with Crippen molar-refractivity contribution in [2.75, 3.05) is 0 Å². The standard InChI is InChI=1S/C22H26N6O2/c1-15-7-8-17(30-15)14-23-21(29)10-9-20-24-25-22-19-13-18(16-5-3-2-4-6-16)26-28(19)12-11-27(20)22/h2-8,11-12,18-19,22,25-26H,9-10,13-14H2,1H3,(H,23,29). The number of benzene rings is 1. The van der Waals surface area contributed by atoms with Gasteiger partial charge in [-0.05, 0) is 31.0 Å². The Balaban J connectivity index is 1.15. The number of hydrazine groups is 1. The minimum atomic E-state index is -0.00973. The smallest absolute Gasteiger partial charge is 0.220 e. The molecule has 1 saturated heterocycles. The molecule has 0 aliphatic carbocycles. The van der Waals surface area contributed by atoms with Crippen LogP contribution in [0.25, 0.3) is 0 Å².